The smallest absolute Gasteiger partial charge is 0.255 e. The Morgan fingerprint density at radius 3 is 2.76 bits per heavy atom. The molecule has 21 heavy (non-hydrogen) atoms. The number of H-pyrrole nitrogens is 1. The topological polar surface area (TPSA) is 57.8 Å². The Morgan fingerprint density at radius 1 is 1.19 bits per heavy atom. The van der Waals surface area contributed by atoms with Gasteiger partial charge in [0.1, 0.15) is 5.82 Å². The van der Waals surface area contributed by atoms with Crippen LogP contribution in [0.15, 0.2) is 40.9 Å². The normalized spacial score (nSPS) is 10.8. The Balaban J connectivity index is 1.88. The molecule has 106 valence electrons. The molecule has 0 saturated carbocycles. The fraction of sp³-hybridized carbons (Fsp3) is 0.125. The number of carbonyl (C=O) groups excluding carboxylic acids is 1. The van der Waals surface area contributed by atoms with Crippen molar-refractivity contribution in [2.24, 2.45) is 0 Å². The number of halogens is 1. The van der Waals surface area contributed by atoms with E-state index in [0.29, 0.717) is 5.56 Å². The van der Waals surface area contributed by atoms with Gasteiger partial charge in [0.25, 0.3) is 5.91 Å². The Kier molecular flexibility index (Phi) is 3.51. The number of amides is 1. The van der Waals surface area contributed by atoms with Crippen molar-refractivity contribution in [3.63, 3.8) is 0 Å². The molecule has 2 aromatic carbocycles. The predicted molar refractivity (Wildman–Crippen MR) is 87.7 cm³/mol. The molecule has 0 fully saturated rings. The summed E-state index contributed by atoms with van der Waals surface area (Å²) in [6.07, 6.45) is 0. The predicted octanol–water partition coefficient (Wildman–Crippen LogP) is 4.19. The van der Waals surface area contributed by atoms with Crippen LogP contribution in [-0.2, 0) is 0 Å². The van der Waals surface area contributed by atoms with Crippen molar-refractivity contribution in [1.29, 1.82) is 0 Å². The highest BCUT2D eigenvalue weighted by molar-refractivity contribution is 9.10. The summed E-state index contributed by atoms with van der Waals surface area (Å²) in [4.78, 5) is 19.8. The molecule has 0 unspecified atom stereocenters. The molecule has 0 spiro atoms. The molecular formula is C16H14BrN3O. The lowest BCUT2D eigenvalue weighted by Gasteiger charge is -2.06. The third-order valence-corrected chi connectivity index (χ3v) is 3.62. The van der Waals surface area contributed by atoms with Crippen molar-refractivity contribution < 1.29 is 4.79 Å². The van der Waals surface area contributed by atoms with Crippen LogP contribution in [0.2, 0.25) is 0 Å². The van der Waals surface area contributed by atoms with Gasteiger partial charge in [-0.25, -0.2) is 4.98 Å². The first-order valence-corrected chi connectivity index (χ1v) is 7.35. The number of benzene rings is 2. The van der Waals surface area contributed by atoms with E-state index in [-0.39, 0.29) is 5.91 Å². The number of carbonyl (C=O) groups is 1. The van der Waals surface area contributed by atoms with Gasteiger partial charge < -0.3 is 10.3 Å². The molecule has 0 saturated heterocycles. The van der Waals surface area contributed by atoms with Crippen LogP contribution in [-0.4, -0.2) is 15.9 Å². The van der Waals surface area contributed by atoms with Gasteiger partial charge in [-0.15, -0.1) is 0 Å². The molecule has 3 aromatic rings. The van der Waals surface area contributed by atoms with Crippen LogP contribution in [0.25, 0.3) is 11.0 Å². The molecule has 4 nitrogen and oxygen atoms in total. The van der Waals surface area contributed by atoms with E-state index in [1.165, 1.54) is 0 Å². The minimum absolute atomic E-state index is 0.130. The Morgan fingerprint density at radius 2 is 2.00 bits per heavy atom. The highest BCUT2D eigenvalue weighted by atomic mass is 79.9. The number of imidazole rings is 1. The van der Waals surface area contributed by atoms with Gasteiger partial charge in [0.15, 0.2) is 0 Å². The zero-order valence-electron chi connectivity index (χ0n) is 11.7. The van der Waals surface area contributed by atoms with Gasteiger partial charge in [-0.3, -0.25) is 4.79 Å². The minimum Gasteiger partial charge on any atom is -0.342 e. The molecular weight excluding hydrogens is 330 g/mol. The van der Waals surface area contributed by atoms with Crippen molar-refractivity contribution in [2.45, 2.75) is 13.8 Å². The van der Waals surface area contributed by atoms with Crippen molar-refractivity contribution in [3.05, 3.63) is 57.8 Å². The van der Waals surface area contributed by atoms with Crippen LogP contribution in [0.1, 0.15) is 21.7 Å². The molecule has 1 heterocycles. The highest BCUT2D eigenvalue weighted by Gasteiger charge is 2.09. The maximum Gasteiger partial charge on any atom is 0.255 e. The zero-order valence-corrected chi connectivity index (χ0v) is 13.3. The summed E-state index contributed by atoms with van der Waals surface area (Å²) in [7, 11) is 0. The van der Waals surface area contributed by atoms with Crippen LogP contribution >= 0.6 is 15.9 Å². The monoisotopic (exact) mass is 343 g/mol. The number of rotatable bonds is 2. The van der Waals surface area contributed by atoms with Crippen LogP contribution in [0.4, 0.5) is 5.69 Å². The van der Waals surface area contributed by atoms with Gasteiger partial charge in [0, 0.05) is 15.7 Å². The van der Waals surface area contributed by atoms with Crippen LogP contribution in [0, 0.1) is 13.8 Å². The second-order valence-corrected chi connectivity index (χ2v) is 5.94. The number of nitrogens with one attached hydrogen (secondary N) is 2. The molecule has 1 amide bonds. The summed E-state index contributed by atoms with van der Waals surface area (Å²) >= 11 is 3.41. The average Bonchev–Trinajstić information content (AvgIpc) is 2.77. The number of hydrogen-bond donors (Lipinski definition) is 2. The summed E-state index contributed by atoms with van der Waals surface area (Å²) in [5, 5.41) is 2.91. The lowest BCUT2D eigenvalue weighted by Crippen LogP contribution is -2.12. The van der Waals surface area contributed by atoms with E-state index in [9.17, 15) is 4.79 Å². The standard InChI is InChI=1S/C16H14BrN3O/c1-9-5-11(7-12(17)6-9)16(21)20-13-3-4-14-15(8-13)19-10(2)18-14/h3-8H,1-2H3,(H,18,19)(H,20,21). The highest BCUT2D eigenvalue weighted by Crippen LogP contribution is 2.19. The molecule has 0 bridgehead atoms. The summed E-state index contributed by atoms with van der Waals surface area (Å²) in [6, 6.07) is 11.3. The number of anilines is 1. The quantitative estimate of drug-likeness (QED) is 0.732. The summed E-state index contributed by atoms with van der Waals surface area (Å²) in [5.74, 6) is 0.728. The first-order valence-electron chi connectivity index (χ1n) is 6.56. The van der Waals surface area contributed by atoms with Crippen LogP contribution in [0.5, 0.6) is 0 Å². The molecule has 0 aliphatic rings. The van der Waals surface area contributed by atoms with Gasteiger partial charge >= 0.3 is 0 Å². The largest absolute Gasteiger partial charge is 0.342 e. The number of aromatic nitrogens is 2. The Hall–Kier alpha value is -2.14. The summed E-state index contributed by atoms with van der Waals surface area (Å²) < 4.78 is 0.896. The number of hydrogen-bond acceptors (Lipinski definition) is 2. The minimum atomic E-state index is -0.130. The van der Waals surface area contributed by atoms with E-state index >= 15 is 0 Å². The van der Waals surface area contributed by atoms with Gasteiger partial charge in [0.2, 0.25) is 0 Å². The number of aryl methyl sites for hydroxylation is 2. The molecule has 0 aliphatic carbocycles. The van der Waals surface area contributed by atoms with Crippen molar-refractivity contribution >= 4 is 38.6 Å². The lowest BCUT2D eigenvalue weighted by atomic mass is 10.1. The molecule has 2 N–H and O–H groups in total. The number of aromatic amines is 1. The Labute approximate surface area is 130 Å². The maximum atomic E-state index is 12.3. The number of fused-ring (bicyclic) bond motifs is 1. The van der Waals surface area contributed by atoms with E-state index in [4.69, 9.17) is 0 Å². The second-order valence-electron chi connectivity index (χ2n) is 5.03. The van der Waals surface area contributed by atoms with E-state index in [1.807, 2.05) is 44.2 Å². The molecule has 5 heteroatoms. The van der Waals surface area contributed by atoms with E-state index in [1.54, 1.807) is 6.07 Å². The lowest BCUT2D eigenvalue weighted by molar-refractivity contribution is 0.102. The molecule has 3 rings (SSSR count). The second kappa shape index (κ2) is 5.33. The van der Waals surface area contributed by atoms with E-state index in [2.05, 4.69) is 31.2 Å². The molecule has 0 atom stereocenters. The molecule has 1 aromatic heterocycles. The fourth-order valence-corrected chi connectivity index (χ4v) is 2.89. The van der Waals surface area contributed by atoms with Crippen molar-refractivity contribution in [1.82, 2.24) is 9.97 Å². The first kappa shape index (κ1) is 13.8. The molecule has 0 radical (unpaired) electrons. The third-order valence-electron chi connectivity index (χ3n) is 3.16. The number of nitrogens with zero attached hydrogens (tertiary/aromatic N) is 1. The summed E-state index contributed by atoms with van der Waals surface area (Å²) in [5.41, 5.74) is 4.21. The van der Waals surface area contributed by atoms with E-state index < -0.39 is 0 Å². The van der Waals surface area contributed by atoms with Gasteiger partial charge in [-0.1, -0.05) is 15.9 Å². The summed E-state index contributed by atoms with van der Waals surface area (Å²) in [6.45, 7) is 3.86. The van der Waals surface area contributed by atoms with Gasteiger partial charge in [0.05, 0.1) is 11.0 Å². The van der Waals surface area contributed by atoms with Crippen LogP contribution < -0.4 is 5.32 Å². The van der Waals surface area contributed by atoms with Gasteiger partial charge in [-0.2, -0.15) is 0 Å². The maximum absolute atomic E-state index is 12.3. The van der Waals surface area contributed by atoms with Crippen molar-refractivity contribution in [2.75, 3.05) is 5.32 Å². The SMILES string of the molecule is Cc1cc(Br)cc(C(=O)Nc2ccc3nc(C)[nH]c3c2)c1. The average molecular weight is 344 g/mol. The van der Waals surface area contributed by atoms with E-state index in [0.717, 1.165) is 32.6 Å². The van der Waals surface area contributed by atoms with Crippen molar-refractivity contribution in [3.8, 4) is 0 Å². The zero-order chi connectivity index (χ0) is 15.0. The first-order chi connectivity index (χ1) is 10.0. The van der Waals surface area contributed by atoms with Gasteiger partial charge in [-0.05, 0) is 55.8 Å². The van der Waals surface area contributed by atoms with Crippen LogP contribution in [0.3, 0.4) is 0 Å². The third kappa shape index (κ3) is 2.97. The Bertz CT molecular complexity index is 818. The fourth-order valence-electron chi connectivity index (χ4n) is 2.29. The molecule has 0 aliphatic heterocycles.